The first-order chi connectivity index (χ1) is 7.74. The van der Waals surface area contributed by atoms with E-state index in [9.17, 15) is 0 Å². The normalized spacial score (nSPS) is 8.22. The first-order valence-corrected chi connectivity index (χ1v) is 5.62. The zero-order valence-corrected chi connectivity index (χ0v) is 11.5. The van der Waals surface area contributed by atoms with Crippen molar-refractivity contribution in [3.8, 4) is 0 Å². The summed E-state index contributed by atoms with van der Waals surface area (Å²) in [5.74, 6) is 0. The SMILES string of the molecule is O=S(=O)([O-])[O-].[Co+2].[NH-]CC[NH-].[NH-]CC[NH-].[NH-]CC[NH-]. The molecule has 12 heteroatoms. The molecule has 0 atom stereocenters. The molecule has 0 aromatic rings. The van der Waals surface area contributed by atoms with Crippen LogP contribution in [0, 0.1) is 0 Å². The minimum absolute atomic E-state index is 0. The zero-order valence-electron chi connectivity index (χ0n) is 9.62. The maximum atomic E-state index is 8.52. The molecule has 0 aliphatic heterocycles. The molecular formula is C6H18CoN6O4S-6. The fraction of sp³-hybridized carbons (Fsp3) is 1.00. The molecule has 0 bridgehead atoms. The maximum absolute atomic E-state index is 8.52. The average molecular weight is 329 g/mol. The number of rotatable bonds is 3. The molecule has 117 valence electrons. The van der Waals surface area contributed by atoms with Crippen LogP contribution in [0.4, 0.5) is 0 Å². The smallest absolute Gasteiger partial charge is 0.759 e. The van der Waals surface area contributed by atoms with Gasteiger partial charge in [0.15, 0.2) is 0 Å². The van der Waals surface area contributed by atoms with E-state index in [0.29, 0.717) is 0 Å². The standard InChI is InChI=1S/3C2H6N2.Co.H2O4S/c3*3-1-2-4;;1-5(2,3)4/h3*3-4H,1-2H2;;(H2,1,2,3,4)/q3*-2;+2;/p-2. The van der Waals surface area contributed by atoms with Crippen LogP contribution in [0.2, 0.25) is 0 Å². The minimum Gasteiger partial charge on any atom is -0.759 e. The largest absolute Gasteiger partial charge is 2.00 e. The van der Waals surface area contributed by atoms with Crippen LogP contribution < -0.4 is 0 Å². The van der Waals surface area contributed by atoms with Gasteiger partial charge in [-0.05, 0) is 0 Å². The summed E-state index contributed by atoms with van der Waals surface area (Å²) in [6.45, 7) is 1.42. The first kappa shape index (κ1) is 30.9. The van der Waals surface area contributed by atoms with E-state index >= 15 is 0 Å². The summed E-state index contributed by atoms with van der Waals surface area (Å²) < 4.78 is 34.1. The van der Waals surface area contributed by atoms with E-state index < -0.39 is 10.4 Å². The van der Waals surface area contributed by atoms with Crippen molar-refractivity contribution in [3.63, 3.8) is 0 Å². The van der Waals surface area contributed by atoms with Crippen molar-refractivity contribution in [2.24, 2.45) is 0 Å². The van der Waals surface area contributed by atoms with Gasteiger partial charge in [0.2, 0.25) is 0 Å². The molecule has 1 radical (unpaired) electrons. The topological polar surface area (TPSA) is 223 Å². The van der Waals surface area contributed by atoms with E-state index in [4.69, 9.17) is 51.9 Å². The Labute approximate surface area is 119 Å². The summed E-state index contributed by atoms with van der Waals surface area (Å²) >= 11 is 0. The van der Waals surface area contributed by atoms with Gasteiger partial charge in [-0.2, -0.15) is 39.3 Å². The van der Waals surface area contributed by atoms with Crippen LogP contribution in [0.5, 0.6) is 0 Å². The molecule has 0 amide bonds. The second-order valence-corrected chi connectivity index (χ2v) is 2.72. The van der Waals surface area contributed by atoms with Crippen LogP contribution in [0.25, 0.3) is 34.4 Å². The molecule has 18 heavy (non-hydrogen) atoms. The van der Waals surface area contributed by atoms with Gasteiger partial charge in [0, 0.05) is 10.4 Å². The second kappa shape index (κ2) is 30.3. The Hall–Kier alpha value is 0.136. The van der Waals surface area contributed by atoms with E-state index in [0.717, 1.165) is 0 Å². The van der Waals surface area contributed by atoms with Crippen LogP contribution in [0.1, 0.15) is 0 Å². The predicted molar refractivity (Wildman–Crippen MR) is 65.6 cm³/mol. The van der Waals surface area contributed by atoms with Crippen molar-refractivity contribution in [2.45, 2.75) is 0 Å². The van der Waals surface area contributed by atoms with Crippen molar-refractivity contribution in [1.29, 1.82) is 0 Å². The van der Waals surface area contributed by atoms with Gasteiger partial charge in [0.1, 0.15) is 0 Å². The number of nitrogens with one attached hydrogen (secondary N) is 6. The third-order valence-electron chi connectivity index (χ3n) is 0.375. The summed E-state index contributed by atoms with van der Waals surface area (Å²) in [5, 5.41) is 0. The van der Waals surface area contributed by atoms with Crippen molar-refractivity contribution < 1.29 is 34.3 Å². The van der Waals surface area contributed by atoms with Gasteiger partial charge in [-0.3, -0.25) is 8.42 Å². The first-order valence-electron chi connectivity index (χ1n) is 4.29. The third-order valence-corrected chi connectivity index (χ3v) is 0.375. The van der Waals surface area contributed by atoms with E-state index in [1.807, 2.05) is 0 Å². The monoisotopic (exact) mass is 329 g/mol. The Morgan fingerprint density at radius 3 is 0.667 bits per heavy atom. The summed E-state index contributed by atoms with van der Waals surface area (Å²) in [7, 11) is -5.17. The molecular weight excluding hydrogens is 311 g/mol. The van der Waals surface area contributed by atoms with Gasteiger partial charge in [-0.25, -0.2) is 0 Å². The molecule has 0 aliphatic rings. The molecule has 0 aromatic carbocycles. The quantitative estimate of drug-likeness (QED) is 0.558. The molecule has 0 aliphatic carbocycles. The minimum atomic E-state index is -5.17. The third kappa shape index (κ3) is 376. The maximum Gasteiger partial charge on any atom is 2.00 e. The summed E-state index contributed by atoms with van der Waals surface area (Å²) in [5.41, 5.74) is 37.6. The van der Waals surface area contributed by atoms with Gasteiger partial charge in [0.05, 0.1) is 0 Å². The molecule has 6 N–H and O–H groups in total. The van der Waals surface area contributed by atoms with Crippen LogP contribution in [-0.2, 0) is 27.2 Å². The van der Waals surface area contributed by atoms with E-state index in [1.165, 1.54) is 0 Å². The van der Waals surface area contributed by atoms with Crippen LogP contribution >= 0.6 is 0 Å². The molecule has 0 fully saturated rings. The fourth-order valence-corrected chi connectivity index (χ4v) is 0. The Morgan fingerprint density at radius 2 is 0.667 bits per heavy atom. The van der Waals surface area contributed by atoms with E-state index in [2.05, 4.69) is 0 Å². The van der Waals surface area contributed by atoms with Crippen LogP contribution in [0.15, 0.2) is 0 Å². The van der Waals surface area contributed by atoms with Gasteiger partial charge >= 0.3 is 16.8 Å². The second-order valence-electron chi connectivity index (χ2n) is 1.91. The van der Waals surface area contributed by atoms with Crippen LogP contribution in [0.3, 0.4) is 0 Å². The Kier molecular flexibility index (Phi) is 51.9. The van der Waals surface area contributed by atoms with Gasteiger partial charge < -0.3 is 43.5 Å². The number of hydrogen-bond donors (Lipinski definition) is 0. The molecule has 0 saturated heterocycles. The zero-order chi connectivity index (χ0) is 14.7. The molecule has 0 aromatic heterocycles. The van der Waals surface area contributed by atoms with Crippen molar-refractivity contribution in [1.82, 2.24) is 0 Å². The fourth-order valence-electron chi connectivity index (χ4n) is 0. The molecule has 10 nitrogen and oxygen atoms in total. The number of hydrogen-bond acceptors (Lipinski definition) is 4. The Morgan fingerprint density at radius 1 is 0.611 bits per heavy atom. The van der Waals surface area contributed by atoms with E-state index in [1.54, 1.807) is 0 Å². The van der Waals surface area contributed by atoms with Crippen LogP contribution in [-0.4, -0.2) is 56.8 Å². The predicted octanol–water partition coefficient (Wildman–Crippen LogP) is 1.93. The Balaban J connectivity index is -0.0000000412. The van der Waals surface area contributed by atoms with E-state index in [-0.39, 0.29) is 56.0 Å². The summed E-state index contributed by atoms with van der Waals surface area (Å²) in [6.07, 6.45) is 0. The molecule has 0 unspecified atom stereocenters. The van der Waals surface area contributed by atoms with Crippen molar-refractivity contribution >= 4 is 10.4 Å². The van der Waals surface area contributed by atoms with Gasteiger partial charge in [-0.1, -0.05) is 0 Å². The average Bonchev–Trinajstić information content (AvgIpc) is 2.27. The van der Waals surface area contributed by atoms with Crippen molar-refractivity contribution in [2.75, 3.05) is 39.3 Å². The molecule has 0 spiro atoms. The summed E-state index contributed by atoms with van der Waals surface area (Å²) in [4.78, 5) is 0. The molecule has 0 rings (SSSR count). The summed E-state index contributed by atoms with van der Waals surface area (Å²) in [6, 6.07) is 0. The molecule has 0 heterocycles. The van der Waals surface area contributed by atoms with Gasteiger partial charge in [0.25, 0.3) is 0 Å². The van der Waals surface area contributed by atoms with Crippen molar-refractivity contribution in [3.05, 3.63) is 34.4 Å². The Bertz CT molecular complexity index is 171. The van der Waals surface area contributed by atoms with Gasteiger partial charge in [-0.15, -0.1) is 0 Å². The molecule has 0 saturated carbocycles.